The van der Waals surface area contributed by atoms with Crippen LogP contribution in [0.15, 0.2) is 23.8 Å². The number of carbonyl (C=O) groups excluding carboxylic acids is 2. The first-order valence-electron chi connectivity index (χ1n) is 4.99. The average Bonchev–Trinajstić information content (AvgIpc) is 2.43. The Labute approximate surface area is 111 Å². The van der Waals surface area contributed by atoms with Crippen molar-refractivity contribution in [3.8, 4) is 12.1 Å². The fraction of sp³-hybridized carbons (Fsp3) is 0.333. The van der Waals surface area contributed by atoms with Crippen molar-refractivity contribution in [2.24, 2.45) is 0 Å². The van der Waals surface area contributed by atoms with Crippen LogP contribution < -0.4 is 0 Å². The van der Waals surface area contributed by atoms with Crippen LogP contribution in [0.4, 0.5) is 0 Å². The van der Waals surface area contributed by atoms with Crippen molar-refractivity contribution in [1.29, 1.82) is 10.5 Å². The Morgan fingerprint density at radius 2 is 1.84 bits per heavy atom. The molecule has 7 nitrogen and oxygen atoms in total. The second-order valence-corrected chi connectivity index (χ2v) is 2.77. The number of carbonyl (C=O) groups is 2. The van der Waals surface area contributed by atoms with E-state index in [9.17, 15) is 9.59 Å². The van der Waals surface area contributed by atoms with Crippen LogP contribution in [0.3, 0.4) is 0 Å². The summed E-state index contributed by atoms with van der Waals surface area (Å²) in [5, 5.41) is 16.2. The van der Waals surface area contributed by atoms with Crippen molar-refractivity contribution in [2.45, 2.75) is 13.3 Å². The van der Waals surface area contributed by atoms with Gasteiger partial charge in [0.05, 0.1) is 25.9 Å². The topological polar surface area (TPSA) is 109 Å². The molecule has 0 spiro atoms. The summed E-state index contributed by atoms with van der Waals surface area (Å²) in [6, 6.07) is 3.29. The lowest BCUT2D eigenvalue weighted by molar-refractivity contribution is -0.250. The molecule has 0 aliphatic heterocycles. The molecule has 0 aliphatic carbocycles. The van der Waals surface area contributed by atoms with Crippen LogP contribution in [0.2, 0.25) is 0 Å². The van der Waals surface area contributed by atoms with Gasteiger partial charge in [-0.15, -0.1) is 0 Å². The summed E-state index contributed by atoms with van der Waals surface area (Å²) in [5.74, 6) is -1.29. The quantitative estimate of drug-likeness (QED) is 0.247. The molecule has 0 aliphatic rings. The van der Waals surface area contributed by atoms with E-state index in [0.29, 0.717) is 12.0 Å². The monoisotopic (exact) mass is 266 g/mol. The van der Waals surface area contributed by atoms with E-state index in [4.69, 9.17) is 10.5 Å². The van der Waals surface area contributed by atoms with Gasteiger partial charge in [0.15, 0.2) is 0 Å². The van der Waals surface area contributed by atoms with Crippen LogP contribution in [0.5, 0.6) is 0 Å². The van der Waals surface area contributed by atoms with E-state index < -0.39 is 11.9 Å². The summed E-state index contributed by atoms with van der Waals surface area (Å²) >= 11 is 0. The molecule has 7 heteroatoms. The minimum Gasteiger partial charge on any atom is -0.465 e. The van der Waals surface area contributed by atoms with Gasteiger partial charge < -0.3 is 4.74 Å². The molecule has 0 saturated carbocycles. The fourth-order valence-electron chi connectivity index (χ4n) is 0.681. The number of nitriles is 2. The number of hydrogen-bond donors (Lipinski definition) is 0. The SMILES string of the molecule is C=C(C#N)C(=O)OC.CCC(=CC#N)C(=O)OOC. The Hall–Kier alpha value is -2.64. The first kappa shape index (κ1) is 18.7. The maximum atomic E-state index is 10.8. The molecular formula is C12H14N2O5. The summed E-state index contributed by atoms with van der Waals surface area (Å²) in [6.07, 6.45) is 1.59. The zero-order chi connectivity index (χ0) is 15.3. The van der Waals surface area contributed by atoms with Gasteiger partial charge in [-0.1, -0.05) is 13.5 Å². The Morgan fingerprint density at radius 1 is 1.26 bits per heavy atom. The van der Waals surface area contributed by atoms with Crippen LogP contribution in [0, 0.1) is 22.7 Å². The molecule has 0 rings (SSSR count). The summed E-state index contributed by atoms with van der Waals surface area (Å²) in [5.41, 5.74) is 0.127. The van der Waals surface area contributed by atoms with Crippen molar-refractivity contribution < 1.29 is 24.1 Å². The third-order valence-electron chi connectivity index (χ3n) is 1.61. The molecule has 0 amide bonds. The molecular weight excluding hydrogens is 252 g/mol. The molecule has 0 aromatic heterocycles. The van der Waals surface area contributed by atoms with E-state index in [-0.39, 0.29) is 5.57 Å². The zero-order valence-corrected chi connectivity index (χ0v) is 10.9. The third kappa shape index (κ3) is 9.10. The lowest BCUT2D eigenvalue weighted by Crippen LogP contribution is -2.06. The zero-order valence-electron chi connectivity index (χ0n) is 10.9. The van der Waals surface area contributed by atoms with Crippen LogP contribution >= 0.6 is 0 Å². The largest absolute Gasteiger partial charge is 0.465 e. The average molecular weight is 266 g/mol. The summed E-state index contributed by atoms with van der Waals surface area (Å²) in [4.78, 5) is 29.3. The normalized spacial score (nSPS) is 9.00. The molecule has 0 unspecified atom stereocenters. The maximum Gasteiger partial charge on any atom is 0.369 e. The Kier molecular flexibility index (Phi) is 11.7. The smallest absolute Gasteiger partial charge is 0.369 e. The van der Waals surface area contributed by atoms with Gasteiger partial charge in [0.2, 0.25) is 0 Å². The van der Waals surface area contributed by atoms with Crippen molar-refractivity contribution in [2.75, 3.05) is 14.2 Å². The molecule has 0 radical (unpaired) electrons. The highest BCUT2D eigenvalue weighted by molar-refractivity contribution is 5.91. The molecule has 0 saturated heterocycles. The third-order valence-corrected chi connectivity index (χ3v) is 1.61. The van der Waals surface area contributed by atoms with E-state index in [1.165, 1.54) is 14.2 Å². The molecule has 19 heavy (non-hydrogen) atoms. The van der Waals surface area contributed by atoms with Gasteiger partial charge >= 0.3 is 11.9 Å². The van der Waals surface area contributed by atoms with Crippen LogP contribution in [-0.4, -0.2) is 26.2 Å². The molecule has 0 aromatic carbocycles. The number of ether oxygens (including phenoxy) is 1. The van der Waals surface area contributed by atoms with Crippen LogP contribution in [-0.2, 0) is 24.1 Å². The summed E-state index contributed by atoms with van der Waals surface area (Å²) in [7, 11) is 2.43. The molecule has 0 aromatic rings. The van der Waals surface area contributed by atoms with Gasteiger partial charge in [0.1, 0.15) is 11.6 Å². The second-order valence-electron chi connectivity index (χ2n) is 2.77. The van der Waals surface area contributed by atoms with Gasteiger partial charge in [0.25, 0.3) is 0 Å². The number of nitrogens with zero attached hydrogens (tertiary/aromatic N) is 2. The summed E-state index contributed by atoms with van der Waals surface area (Å²) < 4.78 is 4.14. The number of allylic oxidation sites excluding steroid dienone is 1. The molecule has 0 bridgehead atoms. The predicted molar refractivity (Wildman–Crippen MR) is 63.9 cm³/mol. The fourth-order valence-corrected chi connectivity index (χ4v) is 0.681. The van der Waals surface area contributed by atoms with E-state index >= 15 is 0 Å². The van der Waals surface area contributed by atoms with E-state index in [1.54, 1.807) is 19.1 Å². The van der Waals surface area contributed by atoms with E-state index in [2.05, 4.69) is 21.1 Å². The minimum absolute atomic E-state index is 0.174. The Bertz CT molecular complexity index is 440. The van der Waals surface area contributed by atoms with Crippen LogP contribution in [0.1, 0.15) is 13.3 Å². The lowest BCUT2D eigenvalue weighted by atomic mass is 10.2. The highest BCUT2D eigenvalue weighted by atomic mass is 17.2. The van der Waals surface area contributed by atoms with Gasteiger partial charge in [-0.2, -0.15) is 15.4 Å². The second kappa shape index (κ2) is 11.8. The number of esters is 1. The maximum absolute atomic E-state index is 10.8. The lowest BCUT2D eigenvalue weighted by Gasteiger charge is -1.98. The van der Waals surface area contributed by atoms with Crippen molar-refractivity contribution >= 4 is 11.9 Å². The molecule has 0 N–H and O–H groups in total. The number of rotatable bonds is 4. The standard InChI is InChI=1S/C7H9NO3.C5H5NO2/c1-3-6(4-5-8)7(9)11-10-2;1-4(3-6)5(7)8-2/h4H,3H2,1-2H3;1H2,2H3. The van der Waals surface area contributed by atoms with Crippen molar-refractivity contribution in [3.05, 3.63) is 23.8 Å². The van der Waals surface area contributed by atoms with Crippen LogP contribution in [0.25, 0.3) is 0 Å². The first-order chi connectivity index (χ1) is 8.98. The van der Waals surface area contributed by atoms with Gasteiger partial charge in [-0.3, -0.25) is 4.89 Å². The van der Waals surface area contributed by atoms with Crippen molar-refractivity contribution in [3.63, 3.8) is 0 Å². The van der Waals surface area contributed by atoms with Crippen molar-refractivity contribution in [1.82, 2.24) is 0 Å². The number of hydrogen-bond acceptors (Lipinski definition) is 7. The highest BCUT2D eigenvalue weighted by Gasteiger charge is 2.08. The molecule has 0 atom stereocenters. The van der Waals surface area contributed by atoms with E-state index in [1.807, 2.05) is 0 Å². The highest BCUT2D eigenvalue weighted by Crippen LogP contribution is 2.02. The summed E-state index contributed by atoms with van der Waals surface area (Å²) in [6.45, 7) is 4.86. The first-order valence-corrected chi connectivity index (χ1v) is 4.99. The minimum atomic E-state index is -0.674. The Balaban J connectivity index is 0. The molecule has 0 fully saturated rings. The molecule has 0 heterocycles. The van der Waals surface area contributed by atoms with E-state index in [0.717, 1.165) is 6.08 Å². The van der Waals surface area contributed by atoms with Gasteiger partial charge in [-0.05, 0) is 6.42 Å². The Morgan fingerprint density at radius 3 is 2.11 bits per heavy atom. The number of methoxy groups -OCH3 is 1. The van der Waals surface area contributed by atoms with Gasteiger partial charge in [0, 0.05) is 6.08 Å². The predicted octanol–water partition coefficient (Wildman–Crippen LogP) is 1.19. The van der Waals surface area contributed by atoms with Gasteiger partial charge in [-0.25, -0.2) is 9.59 Å². The molecule has 102 valence electrons.